The lowest BCUT2D eigenvalue weighted by Gasteiger charge is -2.01. The maximum Gasteiger partial charge on any atom is 0.299 e. The molecule has 0 aliphatic rings. The molecule has 1 aromatic carbocycles. The van der Waals surface area contributed by atoms with E-state index in [0.29, 0.717) is 11.3 Å². The number of nitrogens with one attached hydrogen (secondary N) is 1. The second kappa shape index (κ2) is 5.33. The molecule has 0 aliphatic carbocycles. The van der Waals surface area contributed by atoms with Crippen LogP contribution in [0, 0.1) is 0 Å². The first-order valence-corrected chi connectivity index (χ1v) is 7.64. The number of hydrogen-bond acceptors (Lipinski definition) is 3. The zero-order valence-electron chi connectivity index (χ0n) is 12.2. The van der Waals surface area contributed by atoms with Crippen LogP contribution in [0.4, 0.5) is 0 Å². The van der Waals surface area contributed by atoms with Crippen LogP contribution < -0.4 is 14.1 Å². The third-order valence-electron chi connectivity index (χ3n) is 3.50. The fourth-order valence-corrected chi connectivity index (χ4v) is 3.15. The van der Waals surface area contributed by atoms with E-state index in [2.05, 4.69) is 30.4 Å². The van der Waals surface area contributed by atoms with E-state index in [1.165, 1.54) is 5.56 Å². The summed E-state index contributed by atoms with van der Waals surface area (Å²) < 4.78 is 7.20. The average molecular weight is 301 g/mol. The summed E-state index contributed by atoms with van der Waals surface area (Å²) >= 11 is 1.57. The van der Waals surface area contributed by atoms with Gasteiger partial charge in [-0.1, -0.05) is 13.8 Å². The van der Waals surface area contributed by atoms with E-state index >= 15 is 0 Å². The maximum absolute atomic E-state index is 12.2. The van der Waals surface area contributed by atoms with Gasteiger partial charge in [-0.3, -0.25) is 4.79 Å². The van der Waals surface area contributed by atoms with E-state index < -0.39 is 0 Å². The van der Waals surface area contributed by atoms with Gasteiger partial charge in [0, 0.05) is 28.5 Å². The number of methoxy groups -OCH3 is 1. The number of pyridine rings is 1. The second-order valence-electron chi connectivity index (χ2n) is 5.26. The van der Waals surface area contributed by atoms with Gasteiger partial charge in [0.15, 0.2) is 5.43 Å². The van der Waals surface area contributed by atoms with Crippen LogP contribution in [0.5, 0.6) is 5.75 Å². The summed E-state index contributed by atoms with van der Waals surface area (Å²) in [6.45, 7) is 4.31. The van der Waals surface area contributed by atoms with Gasteiger partial charge in [0.25, 0.3) is 5.82 Å². The molecule has 2 aromatic heterocycles. The van der Waals surface area contributed by atoms with Crippen LogP contribution in [0.25, 0.3) is 16.7 Å². The molecule has 1 N–H and O–H groups in total. The molecule has 5 heteroatoms. The number of ether oxygens (including phenoxy) is 1. The molecule has 0 bridgehead atoms. The smallest absolute Gasteiger partial charge is 0.299 e. The van der Waals surface area contributed by atoms with Crippen molar-refractivity contribution in [1.29, 1.82) is 0 Å². The Morgan fingerprint density at radius 2 is 2.10 bits per heavy atom. The molecule has 0 spiro atoms. The van der Waals surface area contributed by atoms with E-state index in [-0.39, 0.29) is 5.43 Å². The molecule has 0 atom stereocenters. The molecule has 108 valence electrons. The average Bonchev–Trinajstić information content (AvgIpc) is 2.96. The van der Waals surface area contributed by atoms with Gasteiger partial charge in [0.2, 0.25) is 0 Å². The molecule has 0 amide bonds. The zero-order chi connectivity index (χ0) is 15.0. The normalized spacial score (nSPS) is 11.2. The number of fused-ring (bicyclic) bond motifs is 1. The molecule has 21 heavy (non-hydrogen) atoms. The third kappa shape index (κ3) is 2.56. The fraction of sp³-hybridized carbons (Fsp3) is 0.250. The third-order valence-corrected chi connectivity index (χ3v) is 4.40. The van der Waals surface area contributed by atoms with Gasteiger partial charge in [-0.05, 0) is 18.1 Å². The highest BCUT2D eigenvalue weighted by atomic mass is 32.1. The topological polar surface area (TPSA) is 46.0 Å². The number of H-pyrrole nitrogens is 1. The first-order chi connectivity index (χ1) is 10.1. The van der Waals surface area contributed by atoms with Crippen molar-refractivity contribution in [1.82, 2.24) is 4.98 Å². The fourth-order valence-electron chi connectivity index (χ4n) is 2.19. The van der Waals surface area contributed by atoms with Crippen molar-refractivity contribution >= 4 is 22.4 Å². The van der Waals surface area contributed by atoms with Crippen LogP contribution in [0.15, 0.2) is 40.6 Å². The lowest BCUT2D eigenvalue weighted by atomic mass is 10.1. The van der Waals surface area contributed by atoms with Crippen LogP contribution in [-0.2, 0) is 0 Å². The lowest BCUT2D eigenvalue weighted by molar-refractivity contribution is -0.524. The zero-order valence-corrected chi connectivity index (χ0v) is 13.0. The maximum atomic E-state index is 12.2. The minimum Gasteiger partial charge on any atom is -0.497 e. The van der Waals surface area contributed by atoms with Gasteiger partial charge in [0.05, 0.1) is 18.6 Å². The van der Waals surface area contributed by atoms with Gasteiger partial charge in [0.1, 0.15) is 17.5 Å². The quantitative estimate of drug-likeness (QED) is 0.756. The molecule has 0 radical (unpaired) electrons. The van der Waals surface area contributed by atoms with Gasteiger partial charge in [-0.15, -0.1) is 3.96 Å². The highest BCUT2D eigenvalue weighted by Gasteiger charge is 2.14. The van der Waals surface area contributed by atoms with E-state index in [9.17, 15) is 4.79 Å². The molecule has 3 rings (SSSR count). The van der Waals surface area contributed by atoms with Gasteiger partial charge in [-0.2, -0.15) is 0 Å². The van der Waals surface area contributed by atoms with Crippen molar-refractivity contribution in [2.24, 2.45) is 0 Å². The standard InChI is InChI=1S/C16H16N2O2S/c1-10(2)11-8-18(21-9-11)16-7-15(19)13-5-4-12(20-3)6-14(13)17-16/h4-10H,1-3H3/p+1. The summed E-state index contributed by atoms with van der Waals surface area (Å²) in [5, 5.41) is 2.78. The largest absolute Gasteiger partial charge is 0.497 e. The number of aromatic nitrogens is 2. The number of rotatable bonds is 3. The summed E-state index contributed by atoms with van der Waals surface area (Å²) in [7, 11) is 1.62. The molecule has 0 saturated carbocycles. The van der Waals surface area contributed by atoms with E-state index in [1.54, 1.807) is 36.8 Å². The van der Waals surface area contributed by atoms with Crippen molar-refractivity contribution < 1.29 is 8.69 Å². The Balaban J connectivity index is 2.16. The number of nitrogens with zero attached hydrogens (tertiary/aromatic N) is 1. The minimum absolute atomic E-state index is 0.00778. The Kier molecular flexibility index (Phi) is 3.51. The monoisotopic (exact) mass is 301 g/mol. The van der Waals surface area contributed by atoms with Crippen LogP contribution in [0.1, 0.15) is 25.3 Å². The van der Waals surface area contributed by atoms with Crippen LogP contribution in [0.2, 0.25) is 0 Å². The molecular formula is C16H17N2O2S+. The van der Waals surface area contributed by atoms with Crippen molar-refractivity contribution in [3.8, 4) is 11.6 Å². The highest BCUT2D eigenvalue weighted by molar-refractivity contribution is 6.99. The first-order valence-electron chi connectivity index (χ1n) is 6.80. The lowest BCUT2D eigenvalue weighted by Crippen LogP contribution is -2.27. The molecule has 0 fully saturated rings. The Morgan fingerprint density at radius 1 is 1.29 bits per heavy atom. The Morgan fingerprint density at radius 3 is 2.76 bits per heavy atom. The summed E-state index contributed by atoms with van der Waals surface area (Å²) in [6.07, 6.45) is 2.06. The minimum atomic E-state index is 0.00778. The van der Waals surface area contributed by atoms with E-state index in [0.717, 1.165) is 17.1 Å². The highest BCUT2D eigenvalue weighted by Crippen LogP contribution is 2.18. The molecule has 0 unspecified atom stereocenters. The summed E-state index contributed by atoms with van der Waals surface area (Å²) in [5.41, 5.74) is 2.05. The summed E-state index contributed by atoms with van der Waals surface area (Å²) in [6, 6.07) is 7.06. The van der Waals surface area contributed by atoms with Crippen molar-refractivity contribution in [2.45, 2.75) is 19.8 Å². The molecule has 0 aliphatic heterocycles. The molecule has 4 nitrogen and oxygen atoms in total. The Labute approximate surface area is 126 Å². The first kappa shape index (κ1) is 13.8. The molecule has 2 heterocycles. The molecule has 3 aromatic rings. The van der Waals surface area contributed by atoms with Crippen molar-refractivity contribution in [3.05, 3.63) is 51.6 Å². The van der Waals surface area contributed by atoms with Gasteiger partial charge >= 0.3 is 0 Å². The SMILES string of the molecule is COc1ccc2c(=O)cc(-[n+]3cc(C(C)C)cs3)[nH]c2c1. The van der Waals surface area contributed by atoms with Crippen LogP contribution in [-0.4, -0.2) is 12.1 Å². The van der Waals surface area contributed by atoms with Crippen LogP contribution in [0.3, 0.4) is 0 Å². The van der Waals surface area contributed by atoms with Gasteiger partial charge < -0.3 is 4.74 Å². The van der Waals surface area contributed by atoms with Crippen molar-refractivity contribution in [3.63, 3.8) is 0 Å². The van der Waals surface area contributed by atoms with Gasteiger partial charge in [-0.25, -0.2) is 4.98 Å². The number of aromatic amines is 1. The predicted octanol–water partition coefficient (Wildman–Crippen LogP) is 3.00. The second-order valence-corrected chi connectivity index (χ2v) is 6.10. The number of hydrogen-bond donors (Lipinski definition) is 1. The predicted molar refractivity (Wildman–Crippen MR) is 84.6 cm³/mol. The van der Waals surface area contributed by atoms with Crippen LogP contribution >= 0.6 is 11.5 Å². The van der Waals surface area contributed by atoms with Crippen molar-refractivity contribution in [2.75, 3.05) is 7.11 Å². The van der Waals surface area contributed by atoms with E-state index in [4.69, 9.17) is 4.74 Å². The Bertz CT molecular complexity index is 849. The molecule has 0 saturated heterocycles. The number of benzene rings is 1. The Hall–Kier alpha value is -2.14. The van der Waals surface area contributed by atoms with E-state index in [1.807, 2.05) is 10.0 Å². The summed E-state index contributed by atoms with van der Waals surface area (Å²) in [5.74, 6) is 1.97. The molecular weight excluding hydrogens is 284 g/mol. The summed E-state index contributed by atoms with van der Waals surface area (Å²) in [4.78, 5) is 15.5.